The van der Waals surface area contributed by atoms with Gasteiger partial charge in [0.2, 0.25) is 0 Å². The van der Waals surface area contributed by atoms with E-state index >= 15 is 0 Å². The molecule has 1 fully saturated rings. The van der Waals surface area contributed by atoms with Crippen molar-refractivity contribution in [2.24, 2.45) is 7.05 Å². The van der Waals surface area contributed by atoms with Crippen molar-refractivity contribution in [1.29, 1.82) is 0 Å². The monoisotopic (exact) mass is 621 g/mol. The van der Waals surface area contributed by atoms with Gasteiger partial charge < -0.3 is 10.2 Å². The Kier molecular flexibility index (Phi) is 8.71. The molecule has 0 unspecified atom stereocenters. The number of aromatic nitrogens is 2. The van der Waals surface area contributed by atoms with Gasteiger partial charge in [0, 0.05) is 44.5 Å². The van der Waals surface area contributed by atoms with Crippen LogP contribution in [-0.2, 0) is 23.5 Å². The minimum absolute atomic E-state index is 0.00601. The van der Waals surface area contributed by atoms with E-state index in [1.54, 1.807) is 42.9 Å². The minimum atomic E-state index is -4.30. The summed E-state index contributed by atoms with van der Waals surface area (Å²) in [5.74, 6) is -0.371. The number of carbonyl (C=O) groups excluding carboxylic acids is 1. The molecular weight excluding hydrogens is 586 g/mol. The molecule has 1 N–H and O–H groups in total. The van der Waals surface area contributed by atoms with Gasteiger partial charge in [-0.3, -0.25) is 18.6 Å². The lowest BCUT2D eigenvalue weighted by atomic mass is 10.0. The number of sulfonamides is 1. The maximum absolute atomic E-state index is 13.8. The van der Waals surface area contributed by atoms with Crippen LogP contribution in [-0.4, -0.2) is 49.9 Å². The van der Waals surface area contributed by atoms with Gasteiger partial charge in [0.25, 0.3) is 21.5 Å². The maximum Gasteiger partial charge on any atom is 0.296 e. The molecule has 0 bridgehead atoms. The molecule has 5 rings (SSSR count). The topological polar surface area (TPSA) is 96.7 Å². The number of rotatable bonds is 8. The average Bonchev–Trinajstić information content (AvgIpc) is 3.24. The fourth-order valence-corrected chi connectivity index (χ4v) is 7.30. The molecule has 1 aromatic heterocycles. The number of anilines is 2. The number of nitrogens with zero attached hydrogens (tertiary/aromatic N) is 4. The summed E-state index contributed by atoms with van der Waals surface area (Å²) >= 11 is 6.39. The van der Waals surface area contributed by atoms with Crippen molar-refractivity contribution in [2.45, 2.75) is 44.0 Å². The smallest absolute Gasteiger partial charge is 0.296 e. The lowest BCUT2D eigenvalue weighted by molar-refractivity contribution is 0.0931. The van der Waals surface area contributed by atoms with Gasteiger partial charge in [-0.05, 0) is 74.2 Å². The van der Waals surface area contributed by atoms with Crippen LogP contribution in [0.3, 0.4) is 0 Å². The fourth-order valence-electron chi connectivity index (χ4n) is 5.55. The second-order valence-electron chi connectivity index (χ2n) is 10.8. The van der Waals surface area contributed by atoms with Crippen LogP contribution < -0.4 is 20.1 Å². The Morgan fingerprint density at radius 3 is 2.35 bits per heavy atom. The van der Waals surface area contributed by atoms with Crippen LogP contribution in [0.2, 0.25) is 5.02 Å². The molecule has 0 spiro atoms. The van der Waals surface area contributed by atoms with E-state index in [2.05, 4.69) is 41.4 Å². The van der Waals surface area contributed by atoms with Crippen LogP contribution in [0.4, 0.5) is 11.4 Å². The van der Waals surface area contributed by atoms with Crippen LogP contribution in [0.15, 0.2) is 82.5 Å². The lowest BCUT2D eigenvalue weighted by Crippen LogP contribution is -2.44. The molecule has 1 saturated heterocycles. The molecule has 9 nitrogen and oxygen atoms in total. The molecule has 4 aromatic rings. The highest BCUT2D eigenvalue weighted by molar-refractivity contribution is 7.93. The van der Waals surface area contributed by atoms with Crippen LogP contribution >= 0.6 is 11.6 Å². The second-order valence-corrected chi connectivity index (χ2v) is 13.1. The molecule has 2 heterocycles. The van der Waals surface area contributed by atoms with Crippen molar-refractivity contribution in [3.05, 3.63) is 105 Å². The van der Waals surface area contributed by atoms with Gasteiger partial charge in [-0.25, -0.2) is 13.1 Å². The Morgan fingerprint density at radius 2 is 1.67 bits per heavy atom. The number of halogens is 1. The molecule has 11 heteroatoms. The number of hydrogen-bond acceptors (Lipinski definition) is 5. The zero-order valence-electron chi connectivity index (χ0n) is 24.7. The Hall–Kier alpha value is -4.02. The van der Waals surface area contributed by atoms with E-state index in [9.17, 15) is 18.0 Å². The maximum atomic E-state index is 13.8. The highest BCUT2D eigenvalue weighted by atomic mass is 35.5. The molecule has 1 aliphatic heterocycles. The van der Waals surface area contributed by atoms with E-state index in [0.717, 1.165) is 36.7 Å². The zero-order chi connectivity index (χ0) is 30.9. The second kappa shape index (κ2) is 12.3. The number of aryl methyl sites for hydroxylation is 1. The SMILES string of the molecule is CCc1cccc(N2CCC(NC(=O)c3ccc(Cl)c(S(=O)(=O)N(C)c4c(C)n(C)n(-c5ccccc5)c4=O)c3)CC2)c1. The van der Waals surface area contributed by atoms with E-state index in [-0.39, 0.29) is 33.1 Å². The van der Waals surface area contributed by atoms with E-state index in [4.69, 9.17) is 11.6 Å². The molecule has 0 aliphatic carbocycles. The van der Waals surface area contributed by atoms with Crippen molar-refractivity contribution >= 4 is 38.9 Å². The molecule has 1 aliphatic rings. The first-order chi connectivity index (χ1) is 20.5. The van der Waals surface area contributed by atoms with Crippen molar-refractivity contribution < 1.29 is 13.2 Å². The predicted molar refractivity (Wildman–Crippen MR) is 171 cm³/mol. The van der Waals surface area contributed by atoms with E-state index < -0.39 is 15.6 Å². The first-order valence-electron chi connectivity index (χ1n) is 14.3. The minimum Gasteiger partial charge on any atom is -0.371 e. The first-order valence-corrected chi connectivity index (χ1v) is 16.1. The molecule has 0 radical (unpaired) electrons. The third-order valence-corrected chi connectivity index (χ3v) is 10.4. The number of para-hydroxylation sites is 1. The Balaban J connectivity index is 1.34. The number of carbonyl (C=O) groups is 1. The van der Waals surface area contributed by atoms with E-state index in [1.807, 2.05) is 6.07 Å². The van der Waals surface area contributed by atoms with Crippen molar-refractivity contribution in [3.63, 3.8) is 0 Å². The van der Waals surface area contributed by atoms with Crippen LogP contribution in [0, 0.1) is 6.92 Å². The molecular formula is C32H36ClN5O4S. The summed E-state index contributed by atoms with van der Waals surface area (Å²) in [7, 11) is -1.28. The van der Waals surface area contributed by atoms with Crippen LogP contribution in [0.25, 0.3) is 5.69 Å². The third kappa shape index (κ3) is 5.94. The Morgan fingerprint density at radius 1 is 1.00 bits per heavy atom. The first kappa shape index (κ1) is 30.4. The summed E-state index contributed by atoms with van der Waals surface area (Å²) in [5, 5.41) is 3.02. The van der Waals surface area contributed by atoms with Gasteiger partial charge in [-0.15, -0.1) is 0 Å². The number of piperidine rings is 1. The van der Waals surface area contributed by atoms with E-state index in [0.29, 0.717) is 11.4 Å². The van der Waals surface area contributed by atoms with Gasteiger partial charge in [0.15, 0.2) is 0 Å². The van der Waals surface area contributed by atoms with E-state index in [1.165, 1.54) is 41.2 Å². The van der Waals surface area contributed by atoms with Gasteiger partial charge in [0.05, 0.1) is 16.4 Å². The summed E-state index contributed by atoms with van der Waals surface area (Å²) in [6.45, 7) is 5.43. The van der Waals surface area contributed by atoms with Crippen LogP contribution in [0.5, 0.6) is 0 Å². The molecule has 0 atom stereocenters. The van der Waals surface area contributed by atoms with Gasteiger partial charge in [-0.1, -0.05) is 48.9 Å². The summed E-state index contributed by atoms with van der Waals surface area (Å²) in [6.07, 6.45) is 2.51. The number of hydrogen-bond donors (Lipinski definition) is 1. The lowest BCUT2D eigenvalue weighted by Gasteiger charge is -2.34. The quantitative estimate of drug-likeness (QED) is 0.301. The number of benzene rings is 3. The molecule has 1 amide bonds. The fraction of sp³-hybridized carbons (Fsp3) is 0.312. The van der Waals surface area contributed by atoms with Gasteiger partial charge >= 0.3 is 0 Å². The third-order valence-electron chi connectivity index (χ3n) is 8.18. The highest BCUT2D eigenvalue weighted by Gasteiger charge is 2.31. The van der Waals surface area contributed by atoms with Gasteiger partial charge in [-0.2, -0.15) is 0 Å². The summed E-state index contributed by atoms with van der Waals surface area (Å²) in [4.78, 5) is 28.8. The number of amides is 1. The normalized spacial score (nSPS) is 14.1. The Labute approximate surface area is 257 Å². The highest BCUT2D eigenvalue weighted by Crippen LogP contribution is 2.29. The zero-order valence-corrected chi connectivity index (χ0v) is 26.3. The van der Waals surface area contributed by atoms with Crippen molar-refractivity contribution in [1.82, 2.24) is 14.7 Å². The van der Waals surface area contributed by atoms with Gasteiger partial charge in [0.1, 0.15) is 10.6 Å². The van der Waals surface area contributed by atoms with Crippen molar-refractivity contribution in [2.75, 3.05) is 29.3 Å². The summed E-state index contributed by atoms with van der Waals surface area (Å²) in [5.41, 5.74) is 3.22. The largest absolute Gasteiger partial charge is 0.371 e. The predicted octanol–water partition coefficient (Wildman–Crippen LogP) is 4.92. The average molecular weight is 622 g/mol. The molecule has 0 saturated carbocycles. The summed E-state index contributed by atoms with van der Waals surface area (Å²) in [6, 6.07) is 21.6. The molecule has 43 heavy (non-hydrogen) atoms. The standard InChI is InChI=1S/C32H36ClN5O4S/c1-5-23-10-9-13-27(20-23)37-18-16-25(17-19-37)34-31(39)24-14-15-28(33)29(21-24)43(41,42)36(4)30-22(2)35(3)38(32(30)40)26-11-7-6-8-12-26/h6-15,20-21,25H,5,16-19H2,1-4H3,(H,34,39). The molecule has 3 aromatic carbocycles. The summed E-state index contributed by atoms with van der Waals surface area (Å²) < 4.78 is 31.6. The van der Waals surface area contributed by atoms with Crippen molar-refractivity contribution in [3.8, 4) is 5.69 Å². The molecule has 226 valence electrons. The number of nitrogens with one attached hydrogen (secondary N) is 1. The van der Waals surface area contributed by atoms with Crippen LogP contribution in [0.1, 0.15) is 41.4 Å². The Bertz CT molecular complexity index is 1810.